The van der Waals surface area contributed by atoms with Gasteiger partial charge in [0.1, 0.15) is 5.54 Å². The fourth-order valence-corrected chi connectivity index (χ4v) is 2.17. The maximum Gasteiger partial charge on any atom is 0.323 e. The van der Waals surface area contributed by atoms with Crippen molar-refractivity contribution in [2.45, 2.75) is 50.4 Å². The van der Waals surface area contributed by atoms with Crippen molar-refractivity contribution in [3.8, 4) is 0 Å². The second kappa shape index (κ2) is 5.61. The summed E-state index contributed by atoms with van der Waals surface area (Å²) in [5, 5.41) is 9.05. The van der Waals surface area contributed by atoms with Gasteiger partial charge >= 0.3 is 5.97 Å². The average molecular weight is 231 g/mol. The smallest absolute Gasteiger partial charge is 0.323 e. The summed E-state index contributed by atoms with van der Waals surface area (Å²) in [6, 6.07) is 0. The zero-order chi connectivity index (χ0) is 12.2. The molecule has 5 heteroatoms. The zero-order valence-electron chi connectivity index (χ0n) is 9.94. The molecule has 3 unspecified atom stereocenters. The number of carboxylic acids is 1. The van der Waals surface area contributed by atoms with Crippen molar-refractivity contribution in [2.75, 3.05) is 13.7 Å². The number of methoxy groups -OCH3 is 1. The van der Waals surface area contributed by atoms with Crippen LogP contribution >= 0.6 is 0 Å². The number of hydrogen-bond acceptors (Lipinski definition) is 4. The summed E-state index contributed by atoms with van der Waals surface area (Å²) in [5.74, 6) is -0.930. The van der Waals surface area contributed by atoms with Gasteiger partial charge in [-0.05, 0) is 26.2 Å². The lowest BCUT2D eigenvalue weighted by Crippen LogP contribution is -2.53. The van der Waals surface area contributed by atoms with Gasteiger partial charge in [-0.2, -0.15) is 0 Å². The van der Waals surface area contributed by atoms with Crippen LogP contribution in [0.3, 0.4) is 0 Å². The van der Waals surface area contributed by atoms with Crippen molar-refractivity contribution in [3.05, 3.63) is 0 Å². The molecule has 0 bridgehead atoms. The molecule has 0 spiro atoms. The van der Waals surface area contributed by atoms with E-state index in [1.165, 1.54) is 0 Å². The Morgan fingerprint density at radius 3 is 2.94 bits per heavy atom. The molecule has 0 radical (unpaired) electrons. The van der Waals surface area contributed by atoms with E-state index < -0.39 is 11.5 Å². The quantitative estimate of drug-likeness (QED) is 0.730. The van der Waals surface area contributed by atoms with E-state index in [0.29, 0.717) is 19.4 Å². The first-order valence-corrected chi connectivity index (χ1v) is 5.64. The van der Waals surface area contributed by atoms with Crippen LogP contribution in [0, 0.1) is 0 Å². The van der Waals surface area contributed by atoms with Crippen molar-refractivity contribution < 1.29 is 19.4 Å². The highest BCUT2D eigenvalue weighted by Gasteiger charge is 2.40. The fourth-order valence-electron chi connectivity index (χ4n) is 2.17. The van der Waals surface area contributed by atoms with Crippen molar-refractivity contribution in [3.63, 3.8) is 0 Å². The number of carbonyl (C=O) groups is 1. The van der Waals surface area contributed by atoms with Crippen LogP contribution in [0.25, 0.3) is 0 Å². The molecule has 16 heavy (non-hydrogen) atoms. The monoisotopic (exact) mass is 231 g/mol. The summed E-state index contributed by atoms with van der Waals surface area (Å²) in [6.07, 6.45) is 2.50. The Balaban J connectivity index is 2.47. The summed E-state index contributed by atoms with van der Waals surface area (Å²) in [6.45, 7) is 2.43. The first-order valence-electron chi connectivity index (χ1n) is 5.64. The molecule has 0 aliphatic heterocycles. The van der Waals surface area contributed by atoms with Gasteiger partial charge in [-0.15, -0.1) is 0 Å². The van der Waals surface area contributed by atoms with Crippen molar-refractivity contribution in [1.29, 1.82) is 0 Å². The van der Waals surface area contributed by atoms with Crippen LogP contribution in [0.15, 0.2) is 0 Å². The lowest BCUT2D eigenvalue weighted by atomic mass is 9.81. The van der Waals surface area contributed by atoms with Crippen LogP contribution in [0.1, 0.15) is 32.6 Å². The molecular formula is C11H21NO4. The first kappa shape index (κ1) is 13.4. The minimum Gasteiger partial charge on any atom is -0.480 e. The highest BCUT2D eigenvalue weighted by Crippen LogP contribution is 2.29. The highest BCUT2D eigenvalue weighted by molar-refractivity contribution is 5.78. The second-order valence-electron chi connectivity index (χ2n) is 4.58. The predicted molar refractivity (Wildman–Crippen MR) is 59.2 cm³/mol. The number of nitrogens with two attached hydrogens (primary N) is 1. The third-order valence-electron chi connectivity index (χ3n) is 2.99. The second-order valence-corrected chi connectivity index (χ2v) is 4.58. The molecule has 94 valence electrons. The molecule has 0 amide bonds. The van der Waals surface area contributed by atoms with Crippen LogP contribution < -0.4 is 5.73 Å². The van der Waals surface area contributed by atoms with E-state index in [2.05, 4.69) is 0 Å². The Kier molecular flexibility index (Phi) is 4.70. The Hall–Kier alpha value is -0.650. The summed E-state index contributed by atoms with van der Waals surface area (Å²) in [4.78, 5) is 11.0. The summed E-state index contributed by atoms with van der Waals surface area (Å²) >= 11 is 0. The lowest BCUT2D eigenvalue weighted by molar-refractivity contribution is -0.148. The van der Waals surface area contributed by atoms with Gasteiger partial charge in [0.05, 0.1) is 18.8 Å². The number of hydrogen-bond donors (Lipinski definition) is 2. The van der Waals surface area contributed by atoms with Gasteiger partial charge in [0.25, 0.3) is 0 Å². The van der Waals surface area contributed by atoms with Gasteiger partial charge < -0.3 is 20.3 Å². The molecule has 1 aliphatic rings. The third-order valence-corrected chi connectivity index (χ3v) is 2.99. The van der Waals surface area contributed by atoms with Crippen molar-refractivity contribution >= 4 is 5.97 Å². The molecular weight excluding hydrogens is 210 g/mol. The van der Waals surface area contributed by atoms with Crippen LogP contribution in [0.4, 0.5) is 0 Å². The number of rotatable bonds is 5. The Bertz CT molecular complexity index is 246. The minimum absolute atomic E-state index is 0.0221. The van der Waals surface area contributed by atoms with Gasteiger partial charge in [-0.25, -0.2) is 0 Å². The normalized spacial score (nSPS) is 32.3. The number of ether oxygens (including phenoxy) is 2. The minimum atomic E-state index is -1.12. The summed E-state index contributed by atoms with van der Waals surface area (Å²) in [5.41, 5.74) is 4.72. The van der Waals surface area contributed by atoms with E-state index in [1.807, 2.05) is 6.92 Å². The van der Waals surface area contributed by atoms with E-state index in [1.54, 1.807) is 7.11 Å². The third kappa shape index (κ3) is 3.43. The maximum absolute atomic E-state index is 11.0. The molecule has 1 aliphatic carbocycles. The average Bonchev–Trinajstić information content (AvgIpc) is 2.17. The van der Waals surface area contributed by atoms with Crippen LogP contribution in [0.2, 0.25) is 0 Å². The highest BCUT2D eigenvalue weighted by atomic mass is 16.5. The van der Waals surface area contributed by atoms with Gasteiger partial charge in [-0.3, -0.25) is 4.79 Å². The largest absolute Gasteiger partial charge is 0.480 e. The molecule has 0 heterocycles. The maximum atomic E-state index is 11.0. The predicted octanol–water partition coefficient (Wildman–Crippen LogP) is 0.763. The zero-order valence-corrected chi connectivity index (χ0v) is 9.94. The molecule has 0 aromatic heterocycles. The summed E-state index contributed by atoms with van der Waals surface area (Å²) < 4.78 is 10.7. The Morgan fingerprint density at radius 2 is 2.38 bits per heavy atom. The van der Waals surface area contributed by atoms with Crippen LogP contribution in [0.5, 0.6) is 0 Å². The standard InChI is InChI=1S/C11H21NO4/c1-8(7-15-2)16-9-4-3-5-11(12,6-9)10(13)14/h8-9H,3-7,12H2,1-2H3,(H,13,14). The van der Waals surface area contributed by atoms with Crippen LogP contribution in [-0.2, 0) is 14.3 Å². The Morgan fingerprint density at radius 1 is 1.69 bits per heavy atom. The SMILES string of the molecule is COCC(C)OC1CCCC(N)(C(=O)O)C1. The number of carboxylic acid groups (broad SMARTS) is 1. The van der Waals surface area contributed by atoms with E-state index in [4.69, 9.17) is 20.3 Å². The molecule has 1 fully saturated rings. The molecule has 1 rings (SSSR count). The summed E-state index contributed by atoms with van der Waals surface area (Å²) in [7, 11) is 1.62. The van der Waals surface area contributed by atoms with E-state index in [9.17, 15) is 4.79 Å². The van der Waals surface area contributed by atoms with E-state index >= 15 is 0 Å². The van der Waals surface area contributed by atoms with Gasteiger partial charge in [-0.1, -0.05) is 0 Å². The molecule has 0 aromatic rings. The van der Waals surface area contributed by atoms with Crippen molar-refractivity contribution in [1.82, 2.24) is 0 Å². The van der Waals surface area contributed by atoms with E-state index in [0.717, 1.165) is 12.8 Å². The van der Waals surface area contributed by atoms with Gasteiger partial charge in [0.2, 0.25) is 0 Å². The molecule has 0 saturated heterocycles. The molecule has 3 atom stereocenters. The van der Waals surface area contributed by atoms with Gasteiger partial charge in [0, 0.05) is 13.5 Å². The number of aliphatic carboxylic acids is 1. The molecule has 3 N–H and O–H groups in total. The molecule has 1 saturated carbocycles. The van der Waals surface area contributed by atoms with E-state index in [-0.39, 0.29) is 12.2 Å². The van der Waals surface area contributed by atoms with Gasteiger partial charge in [0.15, 0.2) is 0 Å². The topological polar surface area (TPSA) is 81.8 Å². The Labute approximate surface area is 95.9 Å². The first-order chi connectivity index (χ1) is 7.48. The molecule has 0 aromatic carbocycles. The van der Waals surface area contributed by atoms with Crippen LogP contribution in [-0.4, -0.2) is 42.5 Å². The van der Waals surface area contributed by atoms with Crippen molar-refractivity contribution in [2.24, 2.45) is 5.73 Å². The lowest BCUT2D eigenvalue weighted by Gasteiger charge is -2.35. The molecule has 5 nitrogen and oxygen atoms in total. The fraction of sp³-hybridized carbons (Fsp3) is 0.909.